The van der Waals surface area contributed by atoms with Crippen molar-refractivity contribution in [2.24, 2.45) is 0 Å². The monoisotopic (exact) mass is 338 g/mol. The average Bonchev–Trinajstić information content (AvgIpc) is 2.37. The van der Waals surface area contributed by atoms with Crippen molar-refractivity contribution in [3.05, 3.63) is 62.9 Å². The summed E-state index contributed by atoms with van der Waals surface area (Å²) in [6.07, 6.45) is -1.04. The summed E-state index contributed by atoms with van der Waals surface area (Å²) in [7, 11) is 1.55. The first kappa shape index (κ1) is 15.0. The Bertz CT molecular complexity index is 617. The van der Waals surface area contributed by atoms with E-state index in [2.05, 4.69) is 15.9 Å². The number of aliphatic hydroxyl groups is 1. The molecule has 0 radical (unpaired) electrons. The summed E-state index contributed by atoms with van der Waals surface area (Å²) in [6.45, 7) is 3.62. The number of aryl methyl sites for hydroxylation is 2. The molecule has 0 amide bonds. The van der Waals surface area contributed by atoms with E-state index in [1.165, 1.54) is 6.07 Å². The van der Waals surface area contributed by atoms with Gasteiger partial charge in [0.1, 0.15) is 17.7 Å². The molecule has 0 bridgehead atoms. The average molecular weight is 339 g/mol. The van der Waals surface area contributed by atoms with Crippen LogP contribution in [0.5, 0.6) is 5.75 Å². The van der Waals surface area contributed by atoms with Gasteiger partial charge in [0, 0.05) is 15.6 Å². The molecule has 0 aliphatic rings. The number of halogens is 2. The van der Waals surface area contributed by atoms with Crippen molar-refractivity contribution >= 4 is 15.9 Å². The quantitative estimate of drug-likeness (QED) is 0.904. The molecule has 2 nitrogen and oxygen atoms in total. The second-order valence-corrected chi connectivity index (χ2v) is 5.62. The summed E-state index contributed by atoms with van der Waals surface area (Å²) in [6, 6.07) is 8.54. The van der Waals surface area contributed by atoms with Crippen molar-refractivity contribution in [1.82, 2.24) is 0 Å². The Balaban J connectivity index is 2.54. The lowest BCUT2D eigenvalue weighted by atomic mass is 9.95. The number of methoxy groups -OCH3 is 1. The van der Waals surface area contributed by atoms with E-state index >= 15 is 0 Å². The largest absolute Gasteiger partial charge is 0.497 e. The van der Waals surface area contributed by atoms with E-state index in [0.29, 0.717) is 21.3 Å². The van der Waals surface area contributed by atoms with Crippen LogP contribution in [0.4, 0.5) is 4.39 Å². The molecule has 0 saturated carbocycles. The van der Waals surface area contributed by atoms with E-state index in [1.54, 1.807) is 32.2 Å². The summed E-state index contributed by atoms with van der Waals surface area (Å²) >= 11 is 3.38. The van der Waals surface area contributed by atoms with Crippen molar-refractivity contribution in [1.29, 1.82) is 0 Å². The zero-order valence-electron chi connectivity index (χ0n) is 11.6. The molecule has 0 aromatic heterocycles. The molecule has 1 atom stereocenters. The molecule has 4 heteroatoms. The van der Waals surface area contributed by atoms with Crippen LogP contribution in [0.3, 0.4) is 0 Å². The van der Waals surface area contributed by atoms with Gasteiger partial charge < -0.3 is 9.84 Å². The molecule has 0 fully saturated rings. The highest BCUT2D eigenvalue weighted by molar-refractivity contribution is 9.10. The fourth-order valence-corrected chi connectivity index (χ4v) is 2.75. The third-order valence-electron chi connectivity index (χ3n) is 3.25. The van der Waals surface area contributed by atoms with E-state index in [4.69, 9.17) is 4.74 Å². The van der Waals surface area contributed by atoms with Crippen LogP contribution in [-0.4, -0.2) is 12.2 Å². The molecule has 1 unspecified atom stereocenters. The predicted octanol–water partition coefficient (Wildman–Crippen LogP) is 4.30. The summed E-state index contributed by atoms with van der Waals surface area (Å²) < 4.78 is 20.0. The molecule has 0 heterocycles. The first-order valence-electron chi connectivity index (χ1n) is 6.22. The SMILES string of the molecule is COc1ccc(Br)c(C(O)c2c(C)cc(C)cc2F)c1. The Morgan fingerprint density at radius 1 is 1.20 bits per heavy atom. The Morgan fingerprint density at radius 2 is 1.90 bits per heavy atom. The Kier molecular flexibility index (Phi) is 4.45. The minimum absolute atomic E-state index is 0.296. The van der Waals surface area contributed by atoms with Crippen LogP contribution >= 0.6 is 15.9 Å². The molecule has 20 heavy (non-hydrogen) atoms. The van der Waals surface area contributed by atoms with Gasteiger partial charge in [-0.05, 0) is 49.2 Å². The van der Waals surface area contributed by atoms with E-state index in [-0.39, 0.29) is 0 Å². The molecule has 2 rings (SSSR count). The van der Waals surface area contributed by atoms with Crippen LogP contribution in [0.2, 0.25) is 0 Å². The zero-order chi connectivity index (χ0) is 14.9. The Hall–Kier alpha value is -1.39. The van der Waals surface area contributed by atoms with Gasteiger partial charge in [-0.15, -0.1) is 0 Å². The van der Waals surface area contributed by atoms with Gasteiger partial charge in [-0.25, -0.2) is 4.39 Å². The fraction of sp³-hybridized carbons (Fsp3) is 0.250. The van der Waals surface area contributed by atoms with Gasteiger partial charge in [-0.1, -0.05) is 22.0 Å². The van der Waals surface area contributed by atoms with Crippen LogP contribution in [0, 0.1) is 19.7 Å². The third-order valence-corrected chi connectivity index (χ3v) is 3.97. The van der Waals surface area contributed by atoms with Gasteiger partial charge in [0.05, 0.1) is 7.11 Å². The van der Waals surface area contributed by atoms with Gasteiger partial charge in [0.2, 0.25) is 0 Å². The van der Waals surface area contributed by atoms with Crippen LogP contribution in [-0.2, 0) is 0 Å². The van der Waals surface area contributed by atoms with Crippen LogP contribution < -0.4 is 4.74 Å². The van der Waals surface area contributed by atoms with Gasteiger partial charge >= 0.3 is 0 Å². The van der Waals surface area contributed by atoms with Gasteiger partial charge in [0.25, 0.3) is 0 Å². The summed E-state index contributed by atoms with van der Waals surface area (Å²) in [5.41, 5.74) is 2.44. The number of benzene rings is 2. The van der Waals surface area contributed by atoms with Crippen molar-refractivity contribution in [2.45, 2.75) is 20.0 Å². The minimum atomic E-state index is -1.04. The van der Waals surface area contributed by atoms with Gasteiger partial charge in [-0.3, -0.25) is 0 Å². The van der Waals surface area contributed by atoms with Crippen molar-refractivity contribution in [3.63, 3.8) is 0 Å². The second-order valence-electron chi connectivity index (χ2n) is 4.77. The molecule has 0 spiro atoms. The maximum absolute atomic E-state index is 14.2. The third kappa shape index (κ3) is 2.86. The molecule has 2 aromatic rings. The first-order chi connectivity index (χ1) is 9.43. The summed E-state index contributed by atoms with van der Waals surface area (Å²) in [5, 5.41) is 10.5. The number of ether oxygens (including phenoxy) is 1. The van der Waals surface area contributed by atoms with Gasteiger partial charge in [-0.2, -0.15) is 0 Å². The maximum Gasteiger partial charge on any atom is 0.129 e. The topological polar surface area (TPSA) is 29.5 Å². The lowest BCUT2D eigenvalue weighted by molar-refractivity contribution is 0.213. The fourth-order valence-electron chi connectivity index (χ4n) is 2.29. The standard InChI is InChI=1S/C16H16BrFO2/c1-9-6-10(2)15(14(18)7-9)16(19)12-8-11(20-3)4-5-13(12)17/h4-8,16,19H,1-3H3. The summed E-state index contributed by atoms with van der Waals surface area (Å²) in [4.78, 5) is 0. The van der Waals surface area contributed by atoms with E-state index in [1.807, 2.05) is 13.0 Å². The Labute approximate surface area is 126 Å². The predicted molar refractivity (Wildman–Crippen MR) is 80.6 cm³/mol. The maximum atomic E-state index is 14.2. The van der Waals surface area contributed by atoms with Crippen molar-refractivity contribution in [3.8, 4) is 5.75 Å². The van der Waals surface area contributed by atoms with Crippen LogP contribution in [0.15, 0.2) is 34.8 Å². The number of aliphatic hydroxyl groups excluding tert-OH is 1. The Morgan fingerprint density at radius 3 is 2.50 bits per heavy atom. The van der Waals surface area contributed by atoms with Crippen molar-refractivity contribution < 1.29 is 14.2 Å². The lowest BCUT2D eigenvalue weighted by Gasteiger charge is -2.18. The molecule has 1 N–H and O–H groups in total. The smallest absolute Gasteiger partial charge is 0.129 e. The summed E-state index contributed by atoms with van der Waals surface area (Å²) in [5.74, 6) is 0.220. The van der Waals surface area contributed by atoms with E-state index in [0.717, 1.165) is 11.1 Å². The first-order valence-corrected chi connectivity index (χ1v) is 7.01. The van der Waals surface area contributed by atoms with E-state index in [9.17, 15) is 9.50 Å². The van der Waals surface area contributed by atoms with Crippen molar-refractivity contribution in [2.75, 3.05) is 7.11 Å². The molecular weight excluding hydrogens is 323 g/mol. The number of hydrogen-bond acceptors (Lipinski definition) is 2. The molecule has 106 valence electrons. The highest BCUT2D eigenvalue weighted by atomic mass is 79.9. The number of hydrogen-bond donors (Lipinski definition) is 1. The normalized spacial score (nSPS) is 12.3. The molecular formula is C16H16BrFO2. The lowest BCUT2D eigenvalue weighted by Crippen LogP contribution is -2.07. The molecule has 0 saturated heterocycles. The van der Waals surface area contributed by atoms with Crippen LogP contribution in [0.25, 0.3) is 0 Å². The second kappa shape index (κ2) is 5.94. The molecule has 0 aliphatic heterocycles. The highest BCUT2D eigenvalue weighted by Gasteiger charge is 2.20. The van der Waals surface area contributed by atoms with E-state index < -0.39 is 11.9 Å². The minimum Gasteiger partial charge on any atom is -0.497 e. The highest BCUT2D eigenvalue weighted by Crippen LogP contribution is 2.34. The van der Waals surface area contributed by atoms with Gasteiger partial charge in [0.15, 0.2) is 0 Å². The zero-order valence-corrected chi connectivity index (χ0v) is 13.2. The molecule has 2 aromatic carbocycles. The van der Waals surface area contributed by atoms with Crippen LogP contribution in [0.1, 0.15) is 28.4 Å². The number of rotatable bonds is 3. The molecule has 0 aliphatic carbocycles.